The van der Waals surface area contributed by atoms with Crippen molar-refractivity contribution in [2.24, 2.45) is 0 Å². The van der Waals surface area contributed by atoms with E-state index in [0.29, 0.717) is 12.8 Å². The normalized spacial score (nSPS) is 10.2. The number of hydrogen-bond acceptors (Lipinski definition) is 4. The molecule has 0 saturated heterocycles. The number of unbranched alkanes of at least 4 members (excludes halogenated alkanes) is 5. The zero-order chi connectivity index (χ0) is 21.3. The summed E-state index contributed by atoms with van der Waals surface area (Å²) in [6.07, 6.45) is 9.70. The van der Waals surface area contributed by atoms with Gasteiger partial charge in [0, 0.05) is 12.8 Å². The highest BCUT2D eigenvalue weighted by Gasteiger charge is 1.98. The number of aryl methyl sites for hydroxylation is 2. The van der Waals surface area contributed by atoms with Gasteiger partial charge in [0.15, 0.2) is 0 Å². The molecule has 0 heterocycles. The van der Waals surface area contributed by atoms with Gasteiger partial charge in [-0.1, -0.05) is 49.9 Å². The Morgan fingerprint density at radius 1 is 0.533 bits per heavy atom. The molecule has 0 aliphatic rings. The molecule has 0 aromatic heterocycles. The standard InChI is InChI=1S/C26H32N2O2/c27-19-7-9-23-11-15-25(16-12-23)29-21-5-3-1-2-4-6-22-30-26-17-13-24(14-18-26)10-8-20-28/h11-18H,1-10,21-22H2. The maximum absolute atomic E-state index is 8.62. The van der Waals surface area contributed by atoms with Crippen LogP contribution in [-0.4, -0.2) is 13.2 Å². The number of nitriles is 2. The zero-order valence-electron chi connectivity index (χ0n) is 17.8. The lowest BCUT2D eigenvalue weighted by Gasteiger charge is -2.08. The van der Waals surface area contributed by atoms with Crippen LogP contribution in [0.15, 0.2) is 48.5 Å². The molecule has 0 aliphatic carbocycles. The third-order valence-electron chi connectivity index (χ3n) is 4.97. The maximum atomic E-state index is 8.62. The highest BCUT2D eigenvalue weighted by molar-refractivity contribution is 5.28. The van der Waals surface area contributed by atoms with E-state index in [4.69, 9.17) is 20.0 Å². The number of benzene rings is 2. The van der Waals surface area contributed by atoms with Crippen molar-refractivity contribution in [3.05, 3.63) is 59.7 Å². The van der Waals surface area contributed by atoms with E-state index in [1.165, 1.54) is 36.8 Å². The minimum absolute atomic E-state index is 0.559. The first-order chi connectivity index (χ1) is 14.8. The number of hydrogen-bond donors (Lipinski definition) is 0. The van der Waals surface area contributed by atoms with Crippen LogP contribution < -0.4 is 9.47 Å². The number of rotatable bonds is 15. The van der Waals surface area contributed by atoms with Gasteiger partial charge in [0.25, 0.3) is 0 Å². The van der Waals surface area contributed by atoms with Gasteiger partial charge in [0.2, 0.25) is 0 Å². The van der Waals surface area contributed by atoms with Crippen LogP contribution >= 0.6 is 0 Å². The lowest BCUT2D eigenvalue weighted by molar-refractivity contribution is 0.297. The van der Waals surface area contributed by atoms with Crippen LogP contribution in [0.3, 0.4) is 0 Å². The Morgan fingerprint density at radius 2 is 0.900 bits per heavy atom. The molecule has 2 aromatic rings. The fourth-order valence-electron chi connectivity index (χ4n) is 3.20. The molecule has 0 fully saturated rings. The molecule has 0 N–H and O–H groups in total. The summed E-state index contributed by atoms with van der Waals surface area (Å²) in [5.74, 6) is 1.82. The average Bonchev–Trinajstić information content (AvgIpc) is 2.79. The van der Waals surface area contributed by atoms with Crippen LogP contribution in [-0.2, 0) is 12.8 Å². The van der Waals surface area contributed by atoms with Gasteiger partial charge in [-0.05, 0) is 61.1 Å². The van der Waals surface area contributed by atoms with Crippen LogP contribution in [0.4, 0.5) is 0 Å². The lowest BCUT2D eigenvalue weighted by atomic mass is 10.1. The van der Waals surface area contributed by atoms with Gasteiger partial charge in [0.1, 0.15) is 11.5 Å². The average molecular weight is 405 g/mol. The fourth-order valence-corrected chi connectivity index (χ4v) is 3.20. The first-order valence-electron chi connectivity index (χ1n) is 11.0. The highest BCUT2D eigenvalue weighted by Crippen LogP contribution is 2.16. The molecule has 2 rings (SSSR count). The first kappa shape index (κ1) is 23.3. The van der Waals surface area contributed by atoms with Crippen molar-refractivity contribution in [2.75, 3.05) is 13.2 Å². The predicted octanol–water partition coefficient (Wildman–Crippen LogP) is 6.40. The summed E-state index contributed by atoms with van der Waals surface area (Å²) in [7, 11) is 0. The molecule has 0 unspecified atom stereocenters. The Kier molecular flexibility index (Phi) is 11.6. The molecule has 2 aromatic carbocycles. The molecule has 0 spiro atoms. The molecular weight excluding hydrogens is 372 g/mol. The van der Waals surface area contributed by atoms with Crippen LogP contribution in [0.1, 0.15) is 62.5 Å². The molecule has 4 heteroatoms. The van der Waals surface area contributed by atoms with Crippen molar-refractivity contribution in [1.82, 2.24) is 0 Å². The second-order valence-corrected chi connectivity index (χ2v) is 7.42. The summed E-state index contributed by atoms with van der Waals surface area (Å²) in [6, 6.07) is 20.5. The molecule has 0 saturated carbocycles. The van der Waals surface area contributed by atoms with Crippen molar-refractivity contribution in [3.8, 4) is 23.6 Å². The van der Waals surface area contributed by atoms with E-state index in [-0.39, 0.29) is 0 Å². The SMILES string of the molecule is N#CCCc1ccc(OCCCCCCCCOc2ccc(CCC#N)cc2)cc1. The van der Waals surface area contributed by atoms with Gasteiger partial charge in [-0.2, -0.15) is 10.5 Å². The third-order valence-corrected chi connectivity index (χ3v) is 4.97. The summed E-state index contributed by atoms with van der Waals surface area (Å²) in [4.78, 5) is 0. The van der Waals surface area contributed by atoms with Crippen molar-refractivity contribution >= 4 is 0 Å². The summed E-state index contributed by atoms with van der Waals surface area (Å²) < 4.78 is 11.6. The van der Waals surface area contributed by atoms with E-state index in [2.05, 4.69) is 12.1 Å². The Balaban J connectivity index is 1.43. The van der Waals surface area contributed by atoms with E-state index >= 15 is 0 Å². The van der Waals surface area contributed by atoms with Crippen molar-refractivity contribution in [2.45, 2.75) is 64.2 Å². The zero-order valence-corrected chi connectivity index (χ0v) is 17.8. The third kappa shape index (κ3) is 9.99. The van der Waals surface area contributed by atoms with E-state index in [9.17, 15) is 0 Å². The minimum Gasteiger partial charge on any atom is -0.494 e. The van der Waals surface area contributed by atoms with Gasteiger partial charge in [-0.15, -0.1) is 0 Å². The van der Waals surface area contributed by atoms with Crippen LogP contribution in [0.2, 0.25) is 0 Å². The van der Waals surface area contributed by atoms with Crippen molar-refractivity contribution in [1.29, 1.82) is 10.5 Å². The Labute approximate surface area is 181 Å². The Morgan fingerprint density at radius 3 is 1.27 bits per heavy atom. The van der Waals surface area contributed by atoms with E-state index < -0.39 is 0 Å². The topological polar surface area (TPSA) is 66.0 Å². The number of nitrogens with zero attached hydrogens (tertiary/aromatic N) is 2. The van der Waals surface area contributed by atoms with E-state index in [0.717, 1.165) is 50.4 Å². The minimum atomic E-state index is 0.559. The molecule has 158 valence electrons. The van der Waals surface area contributed by atoms with Crippen LogP contribution in [0, 0.1) is 22.7 Å². The van der Waals surface area contributed by atoms with Gasteiger partial charge >= 0.3 is 0 Å². The fraction of sp³-hybridized carbons (Fsp3) is 0.462. The van der Waals surface area contributed by atoms with Gasteiger partial charge in [-0.3, -0.25) is 0 Å². The summed E-state index contributed by atoms with van der Waals surface area (Å²) >= 11 is 0. The molecule has 0 bridgehead atoms. The smallest absolute Gasteiger partial charge is 0.119 e. The Hall–Kier alpha value is -2.98. The molecule has 0 radical (unpaired) electrons. The number of ether oxygens (including phenoxy) is 2. The molecule has 0 aliphatic heterocycles. The molecule has 0 amide bonds. The monoisotopic (exact) mass is 404 g/mol. The van der Waals surface area contributed by atoms with Crippen LogP contribution in [0.25, 0.3) is 0 Å². The largest absolute Gasteiger partial charge is 0.494 e. The van der Waals surface area contributed by atoms with E-state index in [1.54, 1.807) is 0 Å². The molecule has 0 atom stereocenters. The van der Waals surface area contributed by atoms with Gasteiger partial charge < -0.3 is 9.47 Å². The maximum Gasteiger partial charge on any atom is 0.119 e. The first-order valence-corrected chi connectivity index (χ1v) is 11.0. The molecule has 4 nitrogen and oxygen atoms in total. The predicted molar refractivity (Wildman–Crippen MR) is 119 cm³/mol. The van der Waals surface area contributed by atoms with Crippen molar-refractivity contribution < 1.29 is 9.47 Å². The Bertz CT molecular complexity index is 716. The van der Waals surface area contributed by atoms with Gasteiger partial charge in [0.05, 0.1) is 25.4 Å². The second kappa shape index (κ2) is 14.9. The second-order valence-electron chi connectivity index (χ2n) is 7.42. The molecule has 30 heavy (non-hydrogen) atoms. The lowest BCUT2D eigenvalue weighted by Crippen LogP contribution is -1.99. The van der Waals surface area contributed by atoms with E-state index in [1.807, 2.05) is 48.5 Å². The van der Waals surface area contributed by atoms with Gasteiger partial charge in [-0.25, -0.2) is 0 Å². The molecular formula is C26H32N2O2. The summed E-state index contributed by atoms with van der Waals surface area (Å²) in [5.41, 5.74) is 2.36. The quantitative estimate of drug-likeness (QED) is 0.322. The van der Waals surface area contributed by atoms with Crippen molar-refractivity contribution in [3.63, 3.8) is 0 Å². The summed E-state index contributed by atoms with van der Waals surface area (Å²) in [6.45, 7) is 1.51. The van der Waals surface area contributed by atoms with Crippen LogP contribution in [0.5, 0.6) is 11.5 Å². The summed E-state index contributed by atoms with van der Waals surface area (Å²) in [5, 5.41) is 17.2. The highest BCUT2D eigenvalue weighted by atomic mass is 16.5.